The number of carbonyl (C=O) groups is 2. The molecule has 36 heavy (non-hydrogen) atoms. The first-order valence-corrected chi connectivity index (χ1v) is 11.8. The van der Waals surface area contributed by atoms with Gasteiger partial charge in [-0.25, -0.2) is 4.79 Å². The van der Waals surface area contributed by atoms with Crippen LogP contribution in [0.25, 0.3) is 0 Å². The zero-order valence-corrected chi connectivity index (χ0v) is 20.6. The summed E-state index contributed by atoms with van der Waals surface area (Å²) in [6, 6.07) is 0. The van der Waals surface area contributed by atoms with Crippen molar-refractivity contribution in [3.05, 3.63) is 22.7 Å². The van der Waals surface area contributed by atoms with Crippen LogP contribution >= 0.6 is 0 Å². The van der Waals surface area contributed by atoms with Crippen molar-refractivity contribution in [2.75, 3.05) is 14.2 Å². The summed E-state index contributed by atoms with van der Waals surface area (Å²) in [5, 5.41) is 2.79. The topological polar surface area (TPSA) is 73.9 Å². The van der Waals surface area contributed by atoms with Crippen molar-refractivity contribution < 1.29 is 50.1 Å². The van der Waals surface area contributed by atoms with Gasteiger partial charge in [-0.3, -0.25) is 4.79 Å². The fourth-order valence-corrected chi connectivity index (χ4v) is 5.78. The molecule has 2 aliphatic heterocycles. The number of ether oxygens (including phenoxy) is 3. The Bertz CT molecular complexity index is 860. The van der Waals surface area contributed by atoms with E-state index in [2.05, 4.69) is 5.32 Å². The quantitative estimate of drug-likeness (QED) is 0.380. The van der Waals surface area contributed by atoms with Crippen molar-refractivity contribution in [3.63, 3.8) is 0 Å². The number of hydrogen-bond acceptors (Lipinski definition) is 5. The number of halogens is 6. The maximum Gasteiger partial charge on any atom is 0.391 e. The maximum absolute atomic E-state index is 12.6. The molecule has 0 aromatic carbocycles. The Morgan fingerprint density at radius 2 is 1.22 bits per heavy atom. The van der Waals surface area contributed by atoms with Crippen molar-refractivity contribution in [1.29, 1.82) is 0 Å². The maximum atomic E-state index is 12.6. The second kappa shape index (κ2) is 9.81. The van der Waals surface area contributed by atoms with Crippen LogP contribution in [0.1, 0.15) is 65.2 Å². The molecule has 0 radical (unpaired) electrons. The van der Waals surface area contributed by atoms with Gasteiger partial charge in [0.25, 0.3) is 5.91 Å². The van der Waals surface area contributed by atoms with Crippen molar-refractivity contribution >= 4 is 11.9 Å². The number of esters is 1. The van der Waals surface area contributed by atoms with Crippen molar-refractivity contribution in [2.24, 2.45) is 11.8 Å². The van der Waals surface area contributed by atoms with E-state index in [0.717, 1.165) is 0 Å². The van der Waals surface area contributed by atoms with Crippen molar-refractivity contribution in [2.45, 2.75) is 88.7 Å². The summed E-state index contributed by atoms with van der Waals surface area (Å²) in [7, 11) is 2.87. The molecular formula is C24H31F6NO5. The number of rotatable bonds is 2. The molecule has 0 aromatic rings. The third kappa shape index (κ3) is 5.18. The number of hydrogen-bond donors (Lipinski definition) is 1. The van der Waals surface area contributed by atoms with E-state index in [1.54, 1.807) is 13.8 Å². The van der Waals surface area contributed by atoms with Gasteiger partial charge >= 0.3 is 18.3 Å². The van der Waals surface area contributed by atoms with E-state index in [1.165, 1.54) is 14.2 Å². The summed E-state index contributed by atoms with van der Waals surface area (Å²) < 4.78 is 91.3. The fraction of sp³-hybridized carbons (Fsp3) is 0.750. The lowest BCUT2D eigenvalue weighted by Crippen LogP contribution is -2.49. The number of methoxy groups -OCH3 is 2. The summed E-state index contributed by atoms with van der Waals surface area (Å²) in [5.41, 5.74) is -0.832. The van der Waals surface area contributed by atoms with Crippen LogP contribution in [0, 0.1) is 11.8 Å². The minimum Gasteiger partial charge on any atom is -0.498 e. The van der Waals surface area contributed by atoms with Crippen molar-refractivity contribution in [1.82, 2.24) is 5.32 Å². The molecule has 2 aliphatic carbocycles. The monoisotopic (exact) mass is 527 g/mol. The summed E-state index contributed by atoms with van der Waals surface area (Å²) in [4.78, 5) is 23.1. The fourth-order valence-electron chi connectivity index (χ4n) is 5.78. The van der Waals surface area contributed by atoms with Gasteiger partial charge in [-0.05, 0) is 65.2 Å². The summed E-state index contributed by atoms with van der Waals surface area (Å²) in [5.74, 6) is -2.39. The van der Waals surface area contributed by atoms with Gasteiger partial charge in [-0.1, -0.05) is 0 Å². The predicted octanol–water partition coefficient (Wildman–Crippen LogP) is 5.48. The Labute approximate surface area is 205 Å². The Hall–Kier alpha value is -2.40. The smallest absolute Gasteiger partial charge is 0.391 e. The molecule has 12 heteroatoms. The van der Waals surface area contributed by atoms with E-state index in [4.69, 9.17) is 14.2 Å². The van der Waals surface area contributed by atoms with E-state index in [9.17, 15) is 35.9 Å². The van der Waals surface area contributed by atoms with Crippen LogP contribution in [0.4, 0.5) is 26.3 Å². The number of nitrogens with one attached hydrogen (secondary N) is 1. The molecule has 6 nitrogen and oxygen atoms in total. The highest BCUT2D eigenvalue weighted by atomic mass is 19.4. The van der Waals surface area contributed by atoms with Gasteiger partial charge < -0.3 is 19.5 Å². The molecule has 2 spiro atoms. The molecule has 4 aliphatic rings. The number of amides is 1. The first-order valence-electron chi connectivity index (χ1n) is 11.8. The molecule has 204 valence electrons. The molecule has 1 amide bonds. The minimum absolute atomic E-state index is 0.0308. The van der Waals surface area contributed by atoms with Gasteiger partial charge in [0.05, 0.1) is 42.7 Å². The molecule has 0 atom stereocenters. The lowest BCUT2D eigenvalue weighted by atomic mass is 9.75. The van der Waals surface area contributed by atoms with Crippen LogP contribution in [0.2, 0.25) is 0 Å². The molecule has 0 saturated heterocycles. The van der Waals surface area contributed by atoms with Gasteiger partial charge in [0.2, 0.25) is 0 Å². The molecule has 4 rings (SSSR count). The Morgan fingerprint density at radius 1 is 0.778 bits per heavy atom. The predicted molar refractivity (Wildman–Crippen MR) is 115 cm³/mol. The first kappa shape index (κ1) is 28.2. The summed E-state index contributed by atoms with van der Waals surface area (Å²) >= 11 is 0. The first-order chi connectivity index (χ1) is 16.6. The van der Waals surface area contributed by atoms with Gasteiger partial charge in [0.1, 0.15) is 11.5 Å². The lowest BCUT2D eigenvalue weighted by Gasteiger charge is -2.38. The van der Waals surface area contributed by atoms with Crippen LogP contribution in [0.15, 0.2) is 22.7 Å². The van der Waals surface area contributed by atoms with Crippen LogP contribution in [0.5, 0.6) is 0 Å². The third-order valence-corrected chi connectivity index (χ3v) is 7.78. The third-order valence-electron chi connectivity index (χ3n) is 7.78. The van der Waals surface area contributed by atoms with Crippen LogP contribution in [-0.4, -0.2) is 49.6 Å². The van der Waals surface area contributed by atoms with E-state index >= 15 is 0 Å². The zero-order valence-electron chi connectivity index (χ0n) is 20.6. The van der Waals surface area contributed by atoms with Crippen LogP contribution < -0.4 is 5.32 Å². The normalized spacial score (nSPS) is 32.9. The second-order valence-corrected chi connectivity index (χ2v) is 9.87. The van der Waals surface area contributed by atoms with Gasteiger partial charge in [-0.15, -0.1) is 0 Å². The molecule has 2 saturated carbocycles. The average Bonchev–Trinajstić information content (AvgIpc) is 3.15. The zero-order chi connectivity index (χ0) is 27.1. The van der Waals surface area contributed by atoms with E-state index in [1.807, 2.05) is 0 Å². The van der Waals surface area contributed by atoms with Gasteiger partial charge in [0.15, 0.2) is 5.60 Å². The van der Waals surface area contributed by atoms with Gasteiger partial charge in [0, 0.05) is 0 Å². The molecule has 0 unspecified atom stereocenters. The molecular weight excluding hydrogens is 496 g/mol. The summed E-state index contributed by atoms with van der Waals surface area (Å²) in [6.45, 7) is 3.21. The minimum atomic E-state index is -4.17. The summed E-state index contributed by atoms with van der Waals surface area (Å²) in [6.07, 6.45) is -7.41. The highest BCUT2D eigenvalue weighted by Gasteiger charge is 2.54. The highest BCUT2D eigenvalue weighted by molar-refractivity contribution is 5.97. The Morgan fingerprint density at radius 3 is 1.64 bits per heavy atom. The SMILES string of the molecule is COC1=C(C)C(=O)NC12CCC(C(F)(F)F)CC2.COC1=C(C)C(=O)OC12CCC(C(F)(F)F)CC2. The van der Waals surface area contributed by atoms with E-state index in [-0.39, 0.29) is 57.3 Å². The standard InChI is InChI=1S/C12H16F3NO2.C12H15F3O3/c1-7-9(18-2)11(16-10(7)17)5-3-8(4-6-11)12(13,14)15;1-7-9(17-2)11(18-10(7)16)5-3-8(4-6-11)12(13,14)15/h8H,3-6H2,1-2H3,(H,16,17);8H,3-6H2,1-2H3. The Kier molecular flexibility index (Phi) is 7.68. The molecule has 2 fully saturated rings. The molecule has 0 bridgehead atoms. The van der Waals surface area contributed by atoms with Crippen LogP contribution in [0.3, 0.4) is 0 Å². The van der Waals surface area contributed by atoms with Gasteiger partial charge in [-0.2, -0.15) is 26.3 Å². The lowest BCUT2D eigenvalue weighted by molar-refractivity contribution is -0.194. The number of carbonyl (C=O) groups excluding carboxylic acids is 2. The second-order valence-electron chi connectivity index (χ2n) is 9.87. The molecule has 2 heterocycles. The van der Waals surface area contributed by atoms with E-state index < -0.39 is 41.3 Å². The highest BCUT2D eigenvalue weighted by Crippen LogP contribution is 2.49. The van der Waals surface area contributed by atoms with Crippen LogP contribution in [-0.2, 0) is 23.8 Å². The molecule has 0 aromatic heterocycles. The number of alkyl halides is 6. The van der Waals surface area contributed by atoms with Crippen molar-refractivity contribution in [3.8, 4) is 0 Å². The molecule has 1 N–H and O–H groups in total. The largest absolute Gasteiger partial charge is 0.498 e. The Balaban J connectivity index is 0.000000201. The van der Waals surface area contributed by atoms with E-state index in [0.29, 0.717) is 22.7 Å². The average molecular weight is 528 g/mol.